The highest BCUT2D eigenvalue weighted by molar-refractivity contribution is 6.23. The molecule has 186 valence electrons. The molecule has 0 fully saturated rings. The number of aromatic nitrogens is 4. The van der Waals surface area contributed by atoms with Crippen molar-refractivity contribution in [3.8, 4) is 11.5 Å². The average molecular weight is 511 g/mol. The maximum absolute atomic E-state index is 5.11. The van der Waals surface area contributed by atoms with E-state index >= 15 is 0 Å². The smallest absolute Gasteiger partial charge is 0.156 e. The van der Waals surface area contributed by atoms with Gasteiger partial charge in [0.1, 0.15) is 0 Å². The normalized spacial score (nSPS) is 12.0. The van der Waals surface area contributed by atoms with Crippen molar-refractivity contribution < 1.29 is 0 Å². The first-order valence-electron chi connectivity index (χ1n) is 13.5. The molecule has 0 saturated heterocycles. The molecule has 0 radical (unpaired) electrons. The van der Waals surface area contributed by atoms with Gasteiger partial charge in [0.05, 0.1) is 39.3 Å². The Morgan fingerprint density at radius 2 is 1.05 bits per heavy atom. The van der Waals surface area contributed by atoms with E-state index in [1.54, 1.807) is 0 Å². The second-order valence-corrected chi connectivity index (χ2v) is 10.3. The summed E-state index contributed by atoms with van der Waals surface area (Å²) in [4.78, 5) is 9.91. The second-order valence-electron chi connectivity index (χ2n) is 10.3. The molecule has 0 aliphatic heterocycles. The maximum Gasteiger partial charge on any atom is 0.156 e. The van der Waals surface area contributed by atoms with Crippen molar-refractivity contribution in [3.05, 3.63) is 134 Å². The fourth-order valence-electron chi connectivity index (χ4n) is 6.38. The predicted octanol–water partition coefficient (Wildman–Crippen LogP) is 8.98. The Hall–Kier alpha value is -5.48. The molecular formula is C36H22N4. The molecule has 0 bridgehead atoms. The Morgan fingerprint density at radius 1 is 0.450 bits per heavy atom. The molecule has 0 aliphatic rings. The zero-order valence-corrected chi connectivity index (χ0v) is 21.5. The third-order valence-electron chi connectivity index (χ3n) is 8.12. The van der Waals surface area contributed by atoms with Crippen LogP contribution in [0, 0.1) is 0 Å². The van der Waals surface area contributed by atoms with E-state index in [9.17, 15) is 0 Å². The molecule has 4 heteroatoms. The van der Waals surface area contributed by atoms with Gasteiger partial charge in [-0.25, -0.2) is 4.98 Å². The molecule has 40 heavy (non-hydrogen) atoms. The van der Waals surface area contributed by atoms with Gasteiger partial charge in [0.25, 0.3) is 0 Å². The minimum Gasteiger partial charge on any atom is -0.307 e. The molecule has 3 heterocycles. The maximum atomic E-state index is 5.11. The lowest BCUT2D eigenvalue weighted by molar-refractivity contribution is 1.07. The van der Waals surface area contributed by atoms with Crippen LogP contribution in [-0.4, -0.2) is 19.1 Å². The molecule has 0 amide bonds. The van der Waals surface area contributed by atoms with Crippen LogP contribution in [0.15, 0.2) is 134 Å². The van der Waals surface area contributed by atoms with Crippen LogP contribution < -0.4 is 0 Å². The van der Waals surface area contributed by atoms with Gasteiger partial charge in [-0.15, -0.1) is 0 Å². The van der Waals surface area contributed by atoms with Crippen LogP contribution in [0.2, 0.25) is 0 Å². The third kappa shape index (κ3) is 2.90. The van der Waals surface area contributed by atoms with Crippen molar-refractivity contribution in [1.82, 2.24) is 19.1 Å². The quantitative estimate of drug-likeness (QED) is 0.233. The minimum absolute atomic E-state index is 0.813. The van der Waals surface area contributed by atoms with E-state index in [0.717, 1.165) is 33.6 Å². The largest absolute Gasteiger partial charge is 0.307 e. The Labute approximate surface area is 229 Å². The number of para-hydroxylation sites is 4. The van der Waals surface area contributed by atoms with Crippen LogP contribution in [0.1, 0.15) is 0 Å². The second kappa shape index (κ2) is 8.01. The first-order chi connectivity index (χ1) is 19.8. The van der Waals surface area contributed by atoms with Gasteiger partial charge in [0.15, 0.2) is 5.82 Å². The fraction of sp³-hybridized carbons (Fsp3) is 0. The molecule has 0 spiro atoms. The predicted molar refractivity (Wildman–Crippen MR) is 166 cm³/mol. The van der Waals surface area contributed by atoms with E-state index < -0.39 is 0 Å². The van der Waals surface area contributed by atoms with E-state index in [-0.39, 0.29) is 0 Å². The fourth-order valence-corrected chi connectivity index (χ4v) is 6.38. The van der Waals surface area contributed by atoms with Crippen molar-refractivity contribution in [2.75, 3.05) is 0 Å². The van der Waals surface area contributed by atoms with E-state index in [0.29, 0.717) is 0 Å². The SMILES string of the molecule is c1ccc2cc(-n3c4ccccc4c4ccc5c6ccccc6n(-c6cnc7ccccc7n6)c5c43)ccc2c1. The van der Waals surface area contributed by atoms with Gasteiger partial charge in [-0.3, -0.25) is 9.55 Å². The molecule has 9 aromatic rings. The third-order valence-corrected chi connectivity index (χ3v) is 8.12. The first-order valence-corrected chi connectivity index (χ1v) is 13.5. The monoisotopic (exact) mass is 510 g/mol. The average Bonchev–Trinajstić information content (AvgIpc) is 3.54. The summed E-state index contributed by atoms with van der Waals surface area (Å²) < 4.78 is 4.71. The van der Waals surface area contributed by atoms with Crippen LogP contribution in [0.4, 0.5) is 0 Å². The van der Waals surface area contributed by atoms with Gasteiger partial charge < -0.3 is 4.57 Å². The van der Waals surface area contributed by atoms with Gasteiger partial charge in [-0.1, -0.05) is 91.0 Å². The van der Waals surface area contributed by atoms with Gasteiger partial charge in [-0.05, 0) is 47.2 Å². The molecular weight excluding hydrogens is 488 g/mol. The van der Waals surface area contributed by atoms with Gasteiger partial charge >= 0.3 is 0 Å². The standard InChI is InChI=1S/C36H22N4/c1-2-10-24-21-25(18-17-23(24)9-1)39-32-15-7-3-11-26(32)28-19-20-29-27-12-4-8-16-33(27)40(36(29)35(28)39)34-22-37-30-13-5-6-14-31(30)38-34/h1-22H. The number of nitrogens with zero attached hydrogens (tertiary/aromatic N) is 4. The molecule has 0 aliphatic carbocycles. The van der Waals surface area contributed by atoms with Crippen LogP contribution in [0.25, 0.3) is 76.9 Å². The van der Waals surface area contributed by atoms with Crippen molar-refractivity contribution >= 4 is 65.4 Å². The van der Waals surface area contributed by atoms with E-state index in [1.165, 1.54) is 43.4 Å². The topological polar surface area (TPSA) is 35.6 Å². The number of fused-ring (bicyclic) bond motifs is 9. The number of hydrogen-bond donors (Lipinski definition) is 0. The van der Waals surface area contributed by atoms with E-state index in [2.05, 4.69) is 112 Å². The zero-order chi connectivity index (χ0) is 26.2. The highest BCUT2D eigenvalue weighted by Crippen LogP contribution is 2.41. The van der Waals surface area contributed by atoms with E-state index in [1.807, 2.05) is 30.5 Å². The first kappa shape index (κ1) is 21.5. The van der Waals surface area contributed by atoms with Gasteiger partial charge in [0, 0.05) is 27.2 Å². The Morgan fingerprint density at radius 3 is 1.82 bits per heavy atom. The lowest BCUT2D eigenvalue weighted by Crippen LogP contribution is -2.01. The summed E-state index contributed by atoms with van der Waals surface area (Å²) in [6, 6.07) is 45.2. The molecule has 9 rings (SSSR count). The van der Waals surface area contributed by atoms with Crippen LogP contribution in [-0.2, 0) is 0 Å². The summed E-state index contributed by atoms with van der Waals surface area (Å²) in [5.74, 6) is 0.813. The Balaban J connectivity index is 1.51. The number of benzene rings is 6. The Kier molecular flexibility index (Phi) is 4.30. The number of rotatable bonds is 2. The Bertz CT molecular complexity index is 2270. The molecule has 3 aromatic heterocycles. The lowest BCUT2D eigenvalue weighted by atomic mass is 10.1. The molecule has 0 atom stereocenters. The van der Waals surface area contributed by atoms with Gasteiger partial charge in [0.2, 0.25) is 0 Å². The highest BCUT2D eigenvalue weighted by atomic mass is 15.1. The van der Waals surface area contributed by atoms with E-state index in [4.69, 9.17) is 9.97 Å². The molecule has 0 unspecified atom stereocenters. The number of hydrogen-bond acceptors (Lipinski definition) is 2. The lowest BCUT2D eigenvalue weighted by Gasteiger charge is -2.13. The summed E-state index contributed by atoms with van der Waals surface area (Å²) >= 11 is 0. The van der Waals surface area contributed by atoms with Crippen molar-refractivity contribution in [2.24, 2.45) is 0 Å². The van der Waals surface area contributed by atoms with Crippen LogP contribution >= 0.6 is 0 Å². The van der Waals surface area contributed by atoms with Crippen molar-refractivity contribution in [2.45, 2.75) is 0 Å². The summed E-state index contributed by atoms with van der Waals surface area (Å²) in [7, 11) is 0. The molecule has 6 aromatic carbocycles. The van der Waals surface area contributed by atoms with Crippen molar-refractivity contribution in [3.63, 3.8) is 0 Å². The summed E-state index contributed by atoms with van der Waals surface area (Å²) in [6.07, 6.45) is 1.90. The molecule has 0 N–H and O–H groups in total. The van der Waals surface area contributed by atoms with Crippen molar-refractivity contribution in [1.29, 1.82) is 0 Å². The van der Waals surface area contributed by atoms with Crippen LogP contribution in [0.5, 0.6) is 0 Å². The molecule has 4 nitrogen and oxygen atoms in total. The summed E-state index contributed by atoms with van der Waals surface area (Å²) in [5, 5.41) is 7.30. The summed E-state index contributed by atoms with van der Waals surface area (Å²) in [6.45, 7) is 0. The minimum atomic E-state index is 0.813. The highest BCUT2D eigenvalue weighted by Gasteiger charge is 2.21. The molecule has 0 saturated carbocycles. The van der Waals surface area contributed by atoms with Crippen LogP contribution in [0.3, 0.4) is 0 Å². The summed E-state index contributed by atoms with van der Waals surface area (Å²) in [5.41, 5.74) is 7.51. The van der Waals surface area contributed by atoms with Gasteiger partial charge in [-0.2, -0.15) is 0 Å². The zero-order valence-electron chi connectivity index (χ0n) is 21.5.